The molecule has 2 unspecified atom stereocenters. The molecule has 1 aliphatic rings. The van der Waals surface area contributed by atoms with Gasteiger partial charge in [-0.15, -0.1) is 24.0 Å². The average molecular weight is 435 g/mol. The molecule has 0 saturated carbocycles. The fourth-order valence-electron chi connectivity index (χ4n) is 2.53. The number of nitrogens with two attached hydrogens (primary N) is 1. The Hall–Kier alpha value is -0.630. The number of piperidine rings is 1. The number of likely N-dealkylation sites (tertiary alicyclic amines) is 1. The molecular formula is C16H26IN3OS. The fourth-order valence-corrected chi connectivity index (χ4v) is 3.05. The largest absolute Gasteiger partial charge is 0.370 e. The van der Waals surface area contributed by atoms with Crippen LogP contribution in [-0.4, -0.2) is 34.4 Å². The van der Waals surface area contributed by atoms with Gasteiger partial charge >= 0.3 is 0 Å². The molecule has 1 heterocycles. The molecule has 0 bridgehead atoms. The minimum Gasteiger partial charge on any atom is -0.370 e. The van der Waals surface area contributed by atoms with Crippen LogP contribution in [0.1, 0.15) is 38.3 Å². The highest BCUT2D eigenvalue weighted by atomic mass is 127. The summed E-state index contributed by atoms with van der Waals surface area (Å²) in [5.74, 6) is 1.42. The fraction of sp³-hybridized carbons (Fsp3) is 0.562. The van der Waals surface area contributed by atoms with Gasteiger partial charge in [0.15, 0.2) is 5.96 Å². The Morgan fingerprint density at radius 3 is 2.36 bits per heavy atom. The number of aliphatic imine (C=N–C) groups is 1. The van der Waals surface area contributed by atoms with Crippen LogP contribution in [0.4, 0.5) is 0 Å². The summed E-state index contributed by atoms with van der Waals surface area (Å²) in [5.41, 5.74) is 7.23. The first-order valence-electron chi connectivity index (χ1n) is 7.49. The normalized spacial score (nSPS) is 19.4. The molecule has 0 amide bonds. The smallest absolute Gasteiger partial charge is 0.191 e. The molecular weight excluding hydrogens is 409 g/mol. The van der Waals surface area contributed by atoms with Crippen molar-refractivity contribution in [1.82, 2.24) is 4.90 Å². The van der Waals surface area contributed by atoms with Crippen molar-refractivity contribution in [3.05, 3.63) is 29.8 Å². The summed E-state index contributed by atoms with van der Waals surface area (Å²) in [4.78, 5) is 7.63. The summed E-state index contributed by atoms with van der Waals surface area (Å²) in [6.07, 6.45) is 4.05. The number of nitrogens with zero attached hydrogens (tertiary/aromatic N) is 2. The first-order chi connectivity index (χ1) is 9.97. The Bertz CT molecular complexity index is 525. The molecule has 1 aliphatic heterocycles. The van der Waals surface area contributed by atoms with E-state index in [1.54, 1.807) is 6.26 Å². The van der Waals surface area contributed by atoms with E-state index in [9.17, 15) is 4.21 Å². The number of hydrogen-bond donors (Lipinski definition) is 1. The van der Waals surface area contributed by atoms with E-state index in [4.69, 9.17) is 5.73 Å². The van der Waals surface area contributed by atoms with E-state index in [-0.39, 0.29) is 30.0 Å². The molecule has 1 fully saturated rings. The van der Waals surface area contributed by atoms with E-state index in [0.717, 1.165) is 29.5 Å². The van der Waals surface area contributed by atoms with Gasteiger partial charge in [0.1, 0.15) is 0 Å². The first-order valence-corrected chi connectivity index (χ1v) is 9.04. The lowest BCUT2D eigenvalue weighted by Crippen LogP contribution is -2.42. The van der Waals surface area contributed by atoms with E-state index in [1.807, 2.05) is 31.2 Å². The van der Waals surface area contributed by atoms with Gasteiger partial charge in [-0.1, -0.05) is 19.1 Å². The summed E-state index contributed by atoms with van der Waals surface area (Å²) >= 11 is 0. The second-order valence-electron chi connectivity index (χ2n) is 5.86. The van der Waals surface area contributed by atoms with E-state index >= 15 is 0 Å². The number of guanidine groups is 1. The highest BCUT2D eigenvalue weighted by Gasteiger charge is 2.17. The van der Waals surface area contributed by atoms with Gasteiger partial charge in [-0.25, -0.2) is 4.99 Å². The Morgan fingerprint density at radius 1 is 1.32 bits per heavy atom. The van der Waals surface area contributed by atoms with Gasteiger partial charge in [-0.3, -0.25) is 4.21 Å². The molecule has 0 aromatic heterocycles. The van der Waals surface area contributed by atoms with Crippen LogP contribution in [0, 0.1) is 5.92 Å². The molecule has 1 saturated heterocycles. The number of hydrogen-bond acceptors (Lipinski definition) is 2. The minimum atomic E-state index is -0.937. The zero-order valence-electron chi connectivity index (χ0n) is 13.5. The quantitative estimate of drug-likeness (QED) is 0.451. The van der Waals surface area contributed by atoms with Crippen LogP contribution in [0.2, 0.25) is 0 Å². The topological polar surface area (TPSA) is 58.7 Å². The van der Waals surface area contributed by atoms with E-state index in [1.165, 1.54) is 12.8 Å². The van der Waals surface area contributed by atoms with Crippen LogP contribution in [-0.2, 0) is 10.8 Å². The van der Waals surface area contributed by atoms with Gasteiger partial charge in [0.25, 0.3) is 0 Å². The zero-order valence-corrected chi connectivity index (χ0v) is 16.6. The predicted molar refractivity (Wildman–Crippen MR) is 104 cm³/mol. The predicted octanol–water partition coefficient (Wildman–Crippen LogP) is 3.15. The van der Waals surface area contributed by atoms with Crippen molar-refractivity contribution in [2.45, 2.75) is 37.6 Å². The Balaban J connectivity index is 0.00000242. The van der Waals surface area contributed by atoms with Crippen LogP contribution < -0.4 is 5.73 Å². The highest BCUT2D eigenvalue weighted by Crippen LogP contribution is 2.20. The first kappa shape index (κ1) is 19.4. The Morgan fingerprint density at radius 2 is 1.86 bits per heavy atom. The number of rotatable bonds is 3. The molecule has 22 heavy (non-hydrogen) atoms. The van der Waals surface area contributed by atoms with Crippen LogP contribution in [0.3, 0.4) is 0 Å². The third-order valence-corrected chi connectivity index (χ3v) is 5.06. The summed E-state index contributed by atoms with van der Waals surface area (Å²) in [5, 5.41) is 0. The van der Waals surface area contributed by atoms with Crippen molar-refractivity contribution in [2.24, 2.45) is 16.6 Å². The van der Waals surface area contributed by atoms with Gasteiger partial charge in [0, 0.05) is 35.0 Å². The van der Waals surface area contributed by atoms with Crippen molar-refractivity contribution < 1.29 is 4.21 Å². The third kappa shape index (κ3) is 5.22. The van der Waals surface area contributed by atoms with Gasteiger partial charge in [-0.05, 0) is 43.4 Å². The van der Waals surface area contributed by atoms with Crippen molar-refractivity contribution in [2.75, 3.05) is 19.3 Å². The maximum atomic E-state index is 11.4. The van der Waals surface area contributed by atoms with Crippen molar-refractivity contribution in [1.29, 1.82) is 0 Å². The van der Waals surface area contributed by atoms with Crippen LogP contribution in [0.15, 0.2) is 34.2 Å². The van der Waals surface area contributed by atoms with Crippen molar-refractivity contribution >= 4 is 40.7 Å². The lowest BCUT2D eigenvalue weighted by Gasteiger charge is -2.31. The third-order valence-electron chi connectivity index (χ3n) is 4.13. The van der Waals surface area contributed by atoms with Crippen LogP contribution in [0.5, 0.6) is 0 Å². The van der Waals surface area contributed by atoms with E-state index < -0.39 is 10.8 Å². The summed E-state index contributed by atoms with van der Waals surface area (Å²) in [7, 11) is -0.937. The van der Waals surface area contributed by atoms with Crippen LogP contribution >= 0.6 is 24.0 Å². The molecule has 1 aromatic rings. The molecule has 2 rings (SSSR count). The summed E-state index contributed by atoms with van der Waals surface area (Å²) in [6, 6.07) is 7.78. The lowest BCUT2D eigenvalue weighted by atomic mass is 10.00. The second-order valence-corrected chi connectivity index (χ2v) is 7.24. The average Bonchev–Trinajstić information content (AvgIpc) is 2.47. The van der Waals surface area contributed by atoms with Gasteiger partial charge in [-0.2, -0.15) is 0 Å². The molecule has 2 N–H and O–H groups in total. The molecule has 6 heteroatoms. The zero-order chi connectivity index (χ0) is 15.4. The lowest BCUT2D eigenvalue weighted by molar-refractivity contribution is 0.277. The summed E-state index contributed by atoms with van der Waals surface area (Å²) < 4.78 is 11.4. The Kier molecular flexibility index (Phi) is 7.82. The molecule has 0 radical (unpaired) electrons. The van der Waals surface area contributed by atoms with Gasteiger partial charge in [0.05, 0.1) is 6.04 Å². The van der Waals surface area contributed by atoms with E-state index in [0.29, 0.717) is 5.96 Å². The van der Waals surface area contributed by atoms with Crippen molar-refractivity contribution in [3.8, 4) is 0 Å². The molecule has 1 aromatic carbocycles. The van der Waals surface area contributed by atoms with Gasteiger partial charge < -0.3 is 10.6 Å². The second kappa shape index (κ2) is 8.86. The maximum absolute atomic E-state index is 11.4. The van der Waals surface area contributed by atoms with Gasteiger partial charge in [0.2, 0.25) is 0 Å². The number of benzene rings is 1. The molecule has 124 valence electrons. The Labute approximate surface area is 153 Å². The minimum absolute atomic E-state index is 0. The molecule has 0 spiro atoms. The SMILES string of the molecule is CC1CCN(C(N)=NC(C)c2ccc(S(C)=O)cc2)CC1.I. The number of halogens is 1. The molecule has 4 nitrogen and oxygen atoms in total. The molecule has 0 aliphatic carbocycles. The maximum Gasteiger partial charge on any atom is 0.191 e. The van der Waals surface area contributed by atoms with E-state index in [2.05, 4.69) is 16.8 Å². The monoisotopic (exact) mass is 435 g/mol. The molecule has 2 atom stereocenters. The highest BCUT2D eigenvalue weighted by molar-refractivity contribution is 14.0. The summed E-state index contributed by atoms with van der Waals surface area (Å²) in [6.45, 7) is 6.32. The standard InChI is InChI=1S/C16H25N3OS.HI/c1-12-8-10-19(11-9-12)16(17)18-13(2)14-4-6-15(7-5-14)21(3)20;/h4-7,12-13H,8-11H2,1-3H3,(H2,17,18);1H. The van der Waals surface area contributed by atoms with Crippen molar-refractivity contribution in [3.63, 3.8) is 0 Å². The van der Waals surface area contributed by atoms with Crippen LogP contribution in [0.25, 0.3) is 0 Å².